The second kappa shape index (κ2) is 14.8. The van der Waals surface area contributed by atoms with Gasteiger partial charge < -0.3 is 0 Å². The number of hydrogen-bond acceptors (Lipinski definition) is 0. The van der Waals surface area contributed by atoms with Gasteiger partial charge >= 0.3 is 0 Å². The van der Waals surface area contributed by atoms with E-state index >= 15 is 0 Å². The molecule has 6 rings (SSSR count). The zero-order valence-corrected chi connectivity index (χ0v) is 28.3. The molecule has 0 N–H and O–H groups in total. The lowest BCUT2D eigenvalue weighted by atomic mass is 9.99. The Morgan fingerprint density at radius 2 is 0.700 bits per heavy atom. The highest BCUT2D eigenvalue weighted by molar-refractivity contribution is 7.68. The van der Waals surface area contributed by atoms with Crippen LogP contribution in [-0.4, -0.2) is 31.4 Å². The van der Waals surface area contributed by atoms with Crippen LogP contribution >= 0.6 is 15.8 Å². The van der Waals surface area contributed by atoms with Crippen LogP contribution in [0.3, 0.4) is 0 Å². The average molecular weight is 590 g/mol. The fraction of sp³-hybridized carbons (Fsp3) is 0.676. The molecule has 0 saturated heterocycles. The number of rotatable bonds is 8. The Morgan fingerprint density at radius 3 is 1.00 bits per heavy atom. The van der Waals surface area contributed by atoms with E-state index in [9.17, 15) is 0 Å². The van der Waals surface area contributed by atoms with Crippen molar-refractivity contribution in [2.24, 2.45) is 0 Å². The van der Waals surface area contributed by atoms with Crippen LogP contribution in [0.15, 0.2) is 48.5 Å². The maximum absolute atomic E-state index is 2.70. The van der Waals surface area contributed by atoms with E-state index in [0.717, 1.165) is 22.6 Å². The van der Waals surface area contributed by atoms with Crippen molar-refractivity contribution in [3.05, 3.63) is 48.5 Å². The zero-order valence-electron chi connectivity index (χ0n) is 25.5. The lowest BCUT2D eigenvalue weighted by Gasteiger charge is -2.41. The fourth-order valence-corrected chi connectivity index (χ4v) is 20.4. The van der Waals surface area contributed by atoms with Gasteiger partial charge in [0.25, 0.3) is 0 Å². The Labute approximate surface area is 251 Å². The third-order valence-electron chi connectivity index (χ3n) is 11.0. The first-order valence-electron chi connectivity index (χ1n) is 17.4. The molecule has 4 saturated carbocycles. The van der Waals surface area contributed by atoms with Crippen molar-refractivity contribution in [3.63, 3.8) is 0 Å². The van der Waals surface area contributed by atoms with Crippen LogP contribution in [0.1, 0.15) is 128 Å². The lowest BCUT2D eigenvalue weighted by molar-refractivity contribution is 0.487. The highest BCUT2D eigenvalue weighted by atomic mass is 31.1. The standard InChI is InChI=1S/C37H55P2Si/c1-40(36-28-16-14-26-34(36)38(30-18-6-2-7-19-30)31-20-8-3-9-21-31)37-29-17-15-27-35(37)39(32-22-10-4-11-23-32)33-24-12-5-13-25-33/h14-17,26-33H,2-13,18-25H2,1H3. The molecule has 0 spiro atoms. The van der Waals surface area contributed by atoms with Gasteiger partial charge in [0.15, 0.2) is 0 Å². The minimum absolute atomic E-state index is 0.0542. The summed E-state index contributed by atoms with van der Waals surface area (Å²) in [5.41, 5.74) is 3.94. The molecule has 0 nitrogen and oxygen atoms in total. The van der Waals surface area contributed by atoms with Gasteiger partial charge in [0.2, 0.25) is 0 Å². The van der Waals surface area contributed by atoms with Crippen molar-refractivity contribution < 1.29 is 0 Å². The summed E-state index contributed by atoms with van der Waals surface area (Å²) in [5.74, 6) is 0. The summed E-state index contributed by atoms with van der Waals surface area (Å²) in [6.45, 7) is 2.70. The Bertz CT molecular complexity index is 924. The monoisotopic (exact) mass is 589 g/mol. The van der Waals surface area contributed by atoms with E-state index in [0.29, 0.717) is 0 Å². The van der Waals surface area contributed by atoms with E-state index in [-0.39, 0.29) is 15.8 Å². The van der Waals surface area contributed by atoms with Gasteiger partial charge in [-0.2, -0.15) is 0 Å². The van der Waals surface area contributed by atoms with Gasteiger partial charge in [0.1, 0.15) is 8.80 Å². The minimum Gasteiger partial charge on any atom is -0.0691 e. The van der Waals surface area contributed by atoms with Crippen molar-refractivity contribution in [2.45, 2.75) is 158 Å². The van der Waals surface area contributed by atoms with Crippen molar-refractivity contribution in [1.82, 2.24) is 0 Å². The summed E-state index contributed by atoms with van der Waals surface area (Å²) in [5, 5.41) is 7.35. The predicted octanol–water partition coefficient (Wildman–Crippen LogP) is 9.47. The first-order chi connectivity index (χ1) is 19.8. The third-order valence-corrected chi connectivity index (χ3v) is 21.1. The molecule has 217 valence electrons. The summed E-state index contributed by atoms with van der Waals surface area (Å²) in [4.78, 5) is 0. The van der Waals surface area contributed by atoms with Gasteiger partial charge in [-0.1, -0.05) is 148 Å². The topological polar surface area (TPSA) is 0 Å². The van der Waals surface area contributed by atoms with Crippen LogP contribution in [0.5, 0.6) is 0 Å². The van der Waals surface area contributed by atoms with Crippen LogP contribution in [0, 0.1) is 0 Å². The van der Waals surface area contributed by atoms with E-state index < -0.39 is 8.80 Å². The SMILES string of the molecule is C[Si](c1ccccc1P(C1CCCCC1)C1CCCCC1)c1ccccc1P(C1CCCCC1)C1CCCCC1. The molecule has 0 unspecified atom stereocenters. The molecule has 3 heteroatoms. The lowest BCUT2D eigenvalue weighted by Crippen LogP contribution is -2.52. The fourth-order valence-electron chi connectivity index (χ4n) is 9.00. The molecule has 2 aromatic carbocycles. The summed E-state index contributed by atoms with van der Waals surface area (Å²) in [7, 11) is -0.920. The molecule has 1 radical (unpaired) electrons. The maximum Gasteiger partial charge on any atom is 0.119 e. The highest BCUT2D eigenvalue weighted by Gasteiger charge is 2.37. The van der Waals surface area contributed by atoms with E-state index in [1.54, 1.807) is 0 Å². The molecule has 4 aliphatic carbocycles. The molecular weight excluding hydrogens is 534 g/mol. The molecular formula is C37H55P2Si. The smallest absolute Gasteiger partial charge is 0.0691 e. The first-order valence-corrected chi connectivity index (χ1v) is 22.4. The van der Waals surface area contributed by atoms with E-state index in [4.69, 9.17) is 0 Å². The van der Waals surface area contributed by atoms with Crippen molar-refractivity contribution in [1.29, 1.82) is 0 Å². The van der Waals surface area contributed by atoms with Crippen LogP contribution in [0.4, 0.5) is 0 Å². The minimum atomic E-state index is -0.812. The van der Waals surface area contributed by atoms with Crippen LogP contribution in [0.25, 0.3) is 0 Å². The third kappa shape index (κ3) is 6.84. The first kappa shape index (κ1) is 29.6. The van der Waals surface area contributed by atoms with Crippen molar-refractivity contribution >= 4 is 45.6 Å². The molecule has 0 amide bonds. The Hall–Kier alpha value is -0.483. The van der Waals surface area contributed by atoms with Gasteiger partial charge in [-0.15, -0.1) is 0 Å². The maximum atomic E-state index is 2.70. The molecule has 4 aliphatic rings. The average Bonchev–Trinajstić information content (AvgIpc) is 3.04. The summed E-state index contributed by atoms with van der Waals surface area (Å²) in [6.07, 6.45) is 29.9. The Balaban J connectivity index is 1.38. The van der Waals surface area contributed by atoms with Gasteiger partial charge in [-0.3, -0.25) is 0 Å². The molecule has 40 heavy (non-hydrogen) atoms. The molecule has 0 atom stereocenters. The van der Waals surface area contributed by atoms with Gasteiger partial charge in [0.05, 0.1) is 0 Å². The molecule has 0 bridgehead atoms. The van der Waals surface area contributed by atoms with E-state index in [1.165, 1.54) is 128 Å². The van der Waals surface area contributed by atoms with E-state index in [1.807, 2.05) is 21.0 Å². The quantitative estimate of drug-likeness (QED) is 0.213. The van der Waals surface area contributed by atoms with Crippen molar-refractivity contribution in [3.8, 4) is 0 Å². The van der Waals surface area contributed by atoms with Gasteiger partial charge in [-0.25, -0.2) is 0 Å². The number of benzene rings is 2. The van der Waals surface area contributed by atoms with Crippen molar-refractivity contribution in [2.75, 3.05) is 0 Å². The van der Waals surface area contributed by atoms with Gasteiger partial charge in [-0.05, 0) is 95.0 Å². The molecule has 0 heterocycles. The molecule has 0 aromatic heterocycles. The zero-order chi connectivity index (χ0) is 27.1. The largest absolute Gasteiger partial charge is 0.119 e. The Kier molecular flexibility index (Phi) is 10.9. The second-order valence-electron chi connectivity index (χ2n) is 13.6. The molecule has 2 aromatic rings. The number of hydrogen-bond donors (Lipinski definition) is 0. The molecule has 0 aliphatic heterocycles. The van der Waals surface area contributed by atoms with Gasteiger partial charge in [0, 0.05) is 0 Å². The summed E-state index contributed by atoms with van der Waals surface area (Å²) >= 11 is 0. The summed E-state index contributed by atoms with van der Waals surface area (Å²) in [6, 6.07) is 20.1. The van der Waals surface area contributed by atoms with Crippen LogP contribution in [0.2, 0.25) is 6.55 Å². The Morgan fingerprint density at radius 1 is 0.425 bits per heavy atom. The molecule has 4 fully saturated rings. The van der Waals surface area contributed by atoms with E-state index in [2.05, 4.69) is 55.1 Å². The normalized spacial score (nSPS) is 22.9. The highest BCUT2D eigenvalue weighted by Crippen LogP contribution is 2.56. The van der Waals surface area contributed by atoms with Crippen LogP contribution in [-0.2, 0) is 0 Å². The van der Waals surface area contributed by atoms with Crippen LogP contribution < -0.4 is 21.0 Å². The second-order valence-corrected chi connectivity index (χ2v) is 21.5. The summed E-state index contributed by atoms with van der Waals surface area (Å²) < 4.78 is 0. The predicted molar refractivity (Wildman–Crippen MR) is 184 cm³/mol.